The van der Waals surface area contributed by atoms with Crippen LogP contribution in [0.3, 0.4) is 0 Å². The Kier molecular flexibility index (Phi) is 9.46. The maximum Gasteiger partial charge on any atom is 0.459 e. The maximum atomic E-state index is 13.9. The Bertz CT molecular complexity index is 1360. The fraction of sp³-hybridized carbons (Fsp3) is 0.519. The highest BCUT2D eigenvalue weighted by Gasteiger charge is 2.58. The molecule has 4 rings (SSSR count). The van der Waals surface area contributed by atoms with E-state index in [4.69, 9.17) is 19.5 Å². The molecule has 0 amide bonds. The highest BCUT2D eigenvalue weighted by Crippen LogP contribution is 2.47. The van der Waals surface area contributed by atoms with Crippen LogP contribution in [0.5, 0.6) is 5.75 Å². The Hall–Kier alpha value is -3.04. The molecule has 0 unspecified atom stereocenters. The van der Waals surface area contributed by atoms with Crippen LogP contribution in [0.2, 0.25) is 0 Å². The van der Waals surface area contributed by atoms with Gasteiger partial charge in [-0.3, -0.25) is 4.52 Å². The van der Waals surface area contributed by atoms with Crippen molar-refractivity contribution in [1.29, 1.82) is 5.26 Å². The lowest BCUT2D eigenvalue weighted by atomic mass is 9.92. The van der Waals surface area contributed by atoms with Gasteiger partial charge in [-0.15, -0.1) is 0 Å². The zero-order valence-electron chi connectivity index (χ0n) is 22.9. The van der Waals surface area contributed by atoms with Gasteiger partial charge >= 0.3 is 7.75 Å². The summed E-state index contributed by atoms with van der Waals surface area (Å²) < 4.78 is 32.8. The minimum absolute atomic E-state index is 0.157. The Balaban J connectivity index is 1.53. The number of para-hydroxylation sites is 1. The number of anilines is 1. The van der Waals surface area contributed by atoms with Gasteiger partial charge in [-0.1, -0.05) is 44.9 Å². The van der Waals surface area contributed by atoms with Crippen molar-refractivity contribution in [2.45, 2.75) is 76.4 Å². The van der Waals surface area contributed by atoms with Crippen LogP contribution in [0.25, 0.3) is 5.52 Å². The molecule has 6 atom stereocenters. The number of nitrogen functional groups attached to an aromatic ring is 1. The first-order chi connectivity index (χ1) is 19.2. The molecule has 0 spiro atoms. The van der Waals surface area contributed by atoms with E-state index in [1.54, 1.807) is 36.4 Å². The number of aliphatic hydroxyl groups is 2. The normalized spacial score (nSPS) is 25.1. The van der Waals surface area contributed by atoms with Gasteiger partial charge in [0, 0.05) is 6.04 Å². The number of rotatable bonds is 13. The van der Waals surface area contributed by atoms with E-state index in [1.807, 2.05) is 13.0 Å². The molecular weight excluding hydrogens is 535 g/mol. The van der Waals surface area contributed by atoms with Gasteiger partial charge in [-0.2, -0.15) is 10.4 Å². The number of hydrogen-bond acceptors (Lipinski definition) is 10. The summed E-state index contributed by atoms with van der Waals surface area (Å²) >= 11 is 0. The van der Waals surface area contributed by atoms with Crippen molar-refractivity contribution in [3.63, 3.8) is 0 Å². The molecule has 1 fully saturated rings. The lowest BCUT2D eigenvalue weighted by Gasteiger charge is -2.26. The number of aromatic nitrogens is 3. The van der Waals surface area contributed by atoms with Crippen LogP contribution in [0, 0.1) is 17.2 Å². The minimum Gasteiger partial charge on any atom is -0.413 e. The molecule has 3 aromatic rings. The number of nitriles is 1. The van der Waals surface area contributed by atoms with Gasteiger partial charge in [0.2, 0.25) is 5.60 Å². The first-order valence-corrected chi connectivity index (χ1v) is 15.0. The first kappa shape index (κ1) is 29.9. The number of benzene rings is 1. The molecular formula is C27H37N6O6P. The molecule has 0 aliphatic carbocycles. The van der Waals surface area contributed by atoms with Crippen molar-refractivity contribution in [1.82, 2.24) is 19.7 Å². The van der Waals surface area contributed by atoms with E-state index < -0.39 is 38.3 Å². The number of nitrogens with zero attached hydrogens (tertiary/aromatic N) is 4. The van der Waals surface area contributed by atoms with Crippen LogP contribution in [0.4, 0.5) is 5.82 Å². The van der Waals surface area contributed by atoms with Gasteiger partial charge in [-0.05, 0) is 49.9 Å². The third-order valence-electron chi connectivity index (χ3n) is 7.41. The predicted octanol–water partition coefficient (Wildman–Crippen LogP) is 3.55. The van der Waals surface area contributed by atoms with Crippen LogP contribution in [0.15, 0.2) is 48.8 Å². The lowest BCUT2D eigenvalue weighted by Crippen LogP contribution is -2.41. The lowest BCUT2D eigenvalue weighted by molar-refractivity contribution is -0.0621. The van der Waals surface area contributed by atoms with E-state index in [1.165, 1.54) is 16.9 Å². The fourth-order valence-corrected chi connectivity index (χ4v) is 6.54. The van der Waals surface area contributed by atoms with E-state index in [0.717, 1.165) is 25.7 Å². The second-order valence-electron chi connectivity index (χ2n) is 10.1. The Morgan fingerprint density at radius 1 is 1.23 bits per heavy atom. The summed E-state index contributed by atoms with van der Waals surface area (Å²) in [5.74, 6) is 1.07. The van der Waals surface area contributed by atoms with Gasteiger partial charge in [0.25, 0.3) is 0 Å². The van der Waals surface area contributed by atoms with Crippen molar-refractivity contribution < 1.29 is 28.6 Å². The standard InChI is InChI=1S/C27H37N6O6P/c1-4-19(5-2)12-11-18(3)32-40(36,39-20-9-7-6-8-10-20)37-15-22-24(34)25(35)27(16-28,38-22)23-14-13-21-26(29)30-17-31-33(21)23/h6-10,13-14,17-19,22,24-25,34-35H,4-5,11-12,15H2,1-3H3,(H,32,36)(H2,29,30,31)/t18-,22+,24+,25+,27-,40+/m0/s1. The summed E-state index contributed by atoms with van der Waals surface area (Å²) in [5, 5.41) is 39.2. The number of fused-ring (bicyclic) bond motifs is 1. The van der Waals surface area contributed by atoms with E-state index in [-0.39, 0.29) is 17.6 Å². The van der Waals surface area contributed by atoms with Crippen molar-refractivity contribution in [3.8, 4) is 11.8 Å². The SMILES string of the molecule is CCC(CC)CC[C@H](C)N[P@@](=O)(OC[C@H]1O[C@@](C#N)(c2ccc3c(N)ncnn23)[C@H](O)[C@@H]1O)Oc1ccccc1. The smallest absolute Gasteiger partial charge is 0.413 e. The summed E-state index contributed by atoms with van der Waals surface area (Å²) in [7, 11) is -3.98. The number of ether oxygens (including phenoxy) is 1. The molecule has 0 bridgehead atoms. The molecule has 5 N–H and O–H groups in total. The van der Waals surface area contributed by atoms with E-state index in [0.29, 0.717) is 17.2 Å². The molecule has 12 nitrogen and oxygen atoms in total. The monoisotopic (exact) mass is 572 g/mol. The van der Waals surface area contributed by atoms with E-state index in [2.05, 4.69) is 29.0 Å². The van der Waals surface area contributed by atoms with Crippen LogP contribution in [0.1, 0.15) is 52.1 Å². The minimum atomic E-state index is -3.98. The molecule has 1 aliphatic heterocycles. The maximum absolute atomic E-state index is 13.9. The van der Waals surface area contributed by atoms with E-state index >= 15 is 0 Å². The van der Waals surface area contributed by atoms with Crippen LogP contribution in [-0.4, -0.2) is 55.8 Å². The quantitative estimate of drug-likeness (QED) is 0.220. The second kappa shape index (κ2) is 12.6. The number of nitrogens with two attached hydrogens (primary N) is 1. The molecule has 40 heavy (non-hydrogen) atoms. The molecule has 1 aliphatic rings. The molecule has 0 radical (unpaired) electrons. The van der Waals surface area contributed by atoms with Gasteiger partial charge in [0.1, 0.15) is 42.0 Å². The van der Waals surface area contributed by atoms with Crippen molar-refractivity contribution in [3.05, 3.63) is 54.5 Å². The third kappa shape index (κ3) is 6.15. The Morgan fingerprint density at radius 3 is 2.62 bits per heavy atom. The summed E-state index contributed by atoms with van der Waals surface area (Å²) in [4.78, 5) is 3.93. The van der Waals surface area contributed by atoms with Crippen LogP contribution < -0.4 is 15.3 Å². The summed E-state index contributed by atoms with van der Waals surface area (Å²) in [6.07, 6.45) is 0.622. The topological polar surface area (TPSA) is 177 Å². The van der Waals surface area contributed by atoms with Crippen molar-refractivity contribution >= 4 is 19.1 Å². The molecule has 1 saturated heterocycles. The average Bonchev–Trinajstić information content (AvgIpc) is 3.49. The van der Waals surface area contributed by atoms with Crippen LogP contribution in [-0.2, 0) is 19.4 Å². The number of hydrogen-bond donors (Lipinski definition) is 4. The highest BCUT2D eigenvalue weighted by atomic mass is 31.2. The molecule has 216 valence electrons. The van der Waals surface area contributed by atoms with Gasteiger partial charge < -0.3 is 25.2 Å². The summed E-state index contributed by atoms with van der Waals surface area (Å²) in [5.41, 5.74) is 4.48. The van der Waals surface area contributed by atoms with Gasteiger partial charge in [0.15, 0.2) is 5.82 Å². The predicted molar refractivity (Wildman–Crippen MR) is 148 cm³/mol. The van der Waals surface area contributed by atoms with Crippen LogP contribution >= 0.6 is 7.75 Å². The third-order valence-corrected chi connectivity index (χ3v) is 9.10. The number of nitrogens with one attached hydrogen (secondary N) is 1. The Labute approximate surface area is 233 Å². The molecule has 0 saturated carbocycles. The molecule has 2 aromatic heterocycles. The molecule has 3 heterocycles. The zero-order chi connectivity index (χ0) is 28.9. The second-order valence-corrected chi connectivity index (χ2v) is 11.8. The first-order valence-electron chi connectivity index (χ1n) is 13.5. The largest absolute Gasteiger partial charge is 0.459 e. The molecule has 13 heteroatoms. The molecule has 1 aromatic carbocycles. The van der Waals surface area contributed by atoms with Crippen molar-refractivity contribution in [2.75, 3.05) is 12.3 Å². The van der Waals surface area contributed by atoms with Crippen molar-refractivity contribution in [2.24, 2.45) is 5.92 Å². The highest BCUT2D eigenvalue weighted by molar-refractivity contribution is 7.52. The van der Waals surface area contributed by atoms with E-state index in [9.17, 15) is 20.0 Å². The summed E-state index contributed by atoms with van der Waals surface area (Å²) in [6, 6.07) is 13.5. The zero-order valence-corrected chi connectivity index (χ0v) is 23.8. The summed E-state index contributed by atoms with van der Waals surface area (Å²) in [6.45, 7) is 5.78. The average molecular weight is 573 g/mol. The fourth-order valence-electron chi connectivity index (χ4n) is 4.95. The number of aliphatic hydroxyl groups excluding tert-OH is 2. The van der Waals surface area contributed by atoms with Gasteiger partial charge in [0.05, 0.1) is 12.3 Å². The Morgan fingerprint density at radius 2 is 1.95 bits per heavy atom. The van der Waals surface area contributed by atoms with Gasteiger partial charge in [-0.25, -0.2) is 19.2 Å².